The molecule has 0 bridgehead atoms. The molecule has 1 aromatic heterocycles. The van der Waals surface area contributed by atoms with E-state index in [4.69, 9.17) is 0 Å². The van der Waals surface area contributed by atoms with Crippen LogP contribution >= 0.6 is 15.9 Å². The van der Waals surface area contributed by atoms with Gasteiger partial charge in [0.1, 0.15) is 0 Å². The second-order valence-corrected chi connectivity index (χ2v) is 4.57. The van der Waals surface area contributed by atoms with Gasteiger partial charge in [-0.3, -0.25) is 4.79 Å². The van der Waals surface area contributed by atoms with E-state index in [2.05, 4.69) is 34.7 Å². The lowest BCUT2D eigenvalue weighted by Gasteiger charge is -2.09. The van der Waals surface area contributed by atoms with E-state index in [9.17, 15) is 4.79 Å². The largest absolute Gasteiger partial charge is 0.313 e. The molecule has 0 spiro atoms. The van der Waals surface area contributed by atoms with Crippen molar-refractivity contribution in [2.75, 3.05) is 13.1 Å². The number of pyridine rings is 1. The number of rotatable bonds is 6. The maximum Gasteiger partial charge on any atom is 0.265 e. The predicted molar refractivity (Wildman–Crippen MR) is 70.7 cm³/mol. The Balaban J connectivity index is 2.56. The molecular weight excluding hydrogens is 268 g/mol. The lowest BCUT2D eigenvalue weighted by molar-refractivity contribution is 0.663. The minimum atomic E-state index is -0.0147. The highest BCUT2D eigenvalue weighted by molar-refractivity contribution is 9.10. The van der Waals surface area contributed by atoms with Crippen LogP contribution in [0, 0.1) is 0 Å². The van der Waals surface area contributed by atoms with E-state index in [1.807, 2.05) is 6.07 Å². The number of hydrogen-bond acceptors (Lipinski definition) is 2. The van der Waals surface area contributed by atoms with Crippen LogP contribution in [0.2, 0.25) is 0 Å². The summed E-state index contributed by atoms with van der Waals surface area (Å²) in [5.41, 5.74) is 0.993. The summed E-state index contributed by atoms with van der Waals surface area (Å²) in [5.74, 6) is 0. The standard InChI is InChI=1S/C12H17BrN2O/c1-3-6-14-8-10(2)9-15-7-4-5-11(13)12(15)16/h4-5,7,14H,2-3,6,8-9H2,1H3. The fourth-order valence-corrected chi connectivity index (χ4v) is 1.75. The Morgan fingerprint density at radius 1 is 1.62 bits per heavy atom. The molecule has 1 aromatic rings. The number of nitrogens with one attached hydrogen (secondary N) is 1. The summed E-state index contributed by atoms with van der Waals surface area (Å²) in [6.07, 6.45) is 2.88. The molecule has 0 saturated carbocycles. The molecule has 0 radical (unpaired) electrons. The molecule has 0 aliphatic heterocycles. The second-order valence-electron chi connectivity index (χ2n) is 3.72. The fraction of sp³-hybridized carbons (Fsp3) is 0.417. The van der Waals surface area contributed by atoms with Crippen molar-refractivity contribution in [3.8, 4) is 0 Å². The first-order chi connectivity index (χ1) is 7.65. The zero-order valence-corrected chi connectivity index (χ0v) is 11.1. The van der Waals surface area contributed by atoms with Crippen molar-refractivity contribution in [3.05, 3.63) is 45.3 Å². The average molecular weight is 285 g/mol. The number of nitrogens with zero attached hydrogens (tertiary/aromatic N) is 1. The van der Waals surface area contributed by atoms with Crippen LogP contribution in [0.4, 0.5) is 0 Å². The first-order valence-electron chi connectivity index (χ1n) is 5.37. The van der Waals surface area contributed by atoms with Crippen molar-refractivity contribution in [2.24, 2.45) is 0 Å². The van der Waals surface area contributed by atoms with E-state index >= 15 is 0 Å². The topological polar surface area (TPSA) is 34.0 Å². The molecule has 16 heavy (non-hydrogen) atoms. The highest BCUT2D eigenvalue weighted by Gasteiger charge is 2.01. The van der Waals surface area contributed by atoms with Crippen LogP contribution in [0.5, 0.6) is 0 Å². The molecule has 0 atom stereocenters. The highest BCUT2D eigenvalue weighted by atomic mass is 79.9. The Morgan fingerprint density at radius 2 is 2.38 bits per heavy atom. The second kappa shape index (κ2) is 6.66. The van der Waals surface area contributed by atoms with Crippen molar-refractivity contribution in [3.63, 3.8) is 0 Å². The van der Waals surface area contributed by atoms with Crippen molar-refractivity contribution < 1.29 is 0 Å². The maximum absolute atomic E-state index is 11.7. The predicted octanol–water partition coefficient (Wildman–Crippen LogP) is 2.17. The Hall–Kier alpha value is -0.870. The van der Waals surface area contributed by atoms with Gasteiger partial charge in [0.25, 0.3) is 5.56 Å². The molecular formula is C12H17BrN2O. The van der Waals surface area contributed by atoms with Gasteiger partial charge in [-0.2, -0.15) is 0 Å². The molecule has 0 saturated heterocycles. The molecule has 3 nitrogen and oxygen atoms in total. The van der Waals surface area contributed by atoms with Gasteiger partial charge in [0.2, 0.25) is 0 Å². The third kappa shape index (κ3) is 3.94. The Bertz CT molecular complexity index is 412. The summed E-state index contributed by atoms with van der Waals surface area (Å²) < 4.78 is 2.24. The molecule has 0 aromatic carbocycles. The molecule has 0 amide bonds. The van der Waals surface area contributed by atoms with Gasteiger partial charge in [-0.25, -0.2) is 0 Å². The SMILES string of the molecule is C=C(CNCCC)Cn1cccc(Br)c1=O. The molecule has 4 heteroatoms. The van der Waals surface area contributed by atoms with E-state index in [1.54, 1.807) is 16.8 Å². The summed E-state index contributed by atoms with van der Waals surface area (Å²) in [6, 6.07) is 3.59. The van der Waals surface area contributed by atoms with Crippen molar-refractivity contribution in [2.45, 2.75) is 19.9 Å². The zero-order valence-electron chi connectivity index (χ0n) is 9.50. The highest BCUT2D eigenvalue weighted by Crippen LogP contribution is 2.02. The van der Waals surface area contributed by atoms with E-state index < -0.39 is 0 Å². The molecule has 88 valence electrons. The summed E-state index contributed by atoms with van der Waals surface area (Å²) in [6.45, 7) is 8.37. The summed E-state index contributed by atoms with van der Waals surface area (Å²) in [7, 11) is 0. The van der Waals surface area contributed by atoms with Gasteiger partial charge < -0.3 is 9.88 Å². The van der Waals surface area contributed by atoms with E-state index in [0.29, 0.717) is 11.0 Å². The van der Waals surface area contributed by atoms with Crippen molar-refractivity contribution in [1.29, 1.82) is 0 Å². The Labute approximate surface area is 104 Å². The van der Waals surface area contributed by atoms with Crippen LogP contribution in [0.1, 0.15) is 13.3 Å². The summed E-state index contributed by atoms with van der Waals surface area (Å²) in [5, 5.41) is 3.26. The van der Waals surface area contributed by atoms with Gasteiger partial charge in [-0.05, 0) is 46.6 Å². The van der Waals surface area contributed by atoms with Gasteiger partial charge in [-0.15, -0.1) is 0 Å². The van der Waals surface area contributed by atoms with Gasteiger partial charge in [0.15, 0.2) is 0 Å². The van der Waals surface area contributed by atoms with E-state index in [0.717, 1.165) is 25.1 Å². The minimum Gasteiger partial charge on any atom is -0.313 e. The van der Waals surface area contributed by atoms with Crippen LogP contribution in [-0.2, 0) is 6.54 Å². The van der Waals surface area contributed by atoms with Crippen LogP contribution in [0.15, 0.2) is 39.7 Å². The summed E-state index contributed by atoms with van der Waals surface area (Å²) >= 11 is 3.22. The van der Waals surface area contributed by atoms with E-state index in [-0.39, 0.29) is 5.56 Å². The third-order valence-electron chi connectivity index (χ3n) is 2.17. The van der Waals surface area contributed by atoms with Crippen LogP contribution in [-0.4, -0.2) is 17.7 Å². The molecule has 1 heterocycles. The van der Waals surface area contributed by atoms with Crippen LogP contribution < -0.4 is 10.9 Å². The van der Waals surface area contributed by atoms with Gasteiger partial charge in [0.05, 0.1) is 4.47 Å². The summed E-state index contributed by atoms with van der Waals surface area (Å²) in [4.78, 5) is 11.7. The lowest BCUT2D eigenvalue weighted by Crippen LogP contribution is -2.24. The first-order valence-corrected chi connectivity index (χ1v) is 6.16. The van der Waals surface area contributed by atoms with Crippen molar-refractivity contribution in [1.82, 2.24) is 9.88 Å². The fourth-order valence-electron chi connectivity index (χ4n) is 1.37. The average Bonchev–Trinajstić information content (AvgIpc) is 2.25. The van der Waals surface area contributed by atoms with Gasteiger partial charge >= 0.3 is 0 Å². The molecule has 0 unspecified atom stereocenters. The number of aromatic nitrogens is 1. The lowest BCUT2D eigenvalue weighted by atomic mass is 10.3. The maximum atomic E-state index is 11.7. The molecule has 0 fully saturated rings. The monoisotopic (exact) mass is 284 g/mol. The van der Waals surface area contributed by atoms with Crippen LogP contribution in [0.25, 0.3) is 0 Å². The normalized spacial score (nSPS) is 10.4. The minimum absolute atomic E-state index is 0.0147. The smallest absolute Gasteiger partial charge is 0.265 e. The molecule has 0 aliphatic carbocycles. The molecule has 1 rings (SSSR count). The number of halogens is 1. The van der Waals surface area contributed by atoms with Gasteiger partial charge in [-0.1, -0.05) is 13.5 Å². The van der Waals surface area contributed by atoms with E-state index in [1.165, 1.54) is 0 Å². The number of hydrogen-bond donors (Lipinski definition) is 1. The first kappa shape index (κ1) is 13.2. The Morgan fingerprint density at radius 3 is 3.06 bits per heavy atom. The molecule has 1 N–H and O–H groups in total. The van der Waals surface area contributed by atoms with Crippen molar-refractivity contribution >= 4 is 15.9 Å². The quantitative estimate of drug-likeness (QED) is 0.642. The third-order valence-corrected chi connectivity index (χ3v) is 2.77. The Kier molecular flexibility index (Phi) is 5.49. The van der Waals surface area contributed by atoms with Crippen LogP contribution in [0.3, 0.4) is 0 Å². The van der Waals surface area contributed by atoms with Gasteiger partial charge in [0, 0.05) is 19.3 Å². The molecule has 0 aliphatic rings. The zero-order chi connectivity index (χ0) is 12.0.